The SMILES string of the molecule is CCCc1ccc(CN2CCCC[C@H]2c2csc(Nc3ccc(C#N)nc3)n2)o1. The first kappa shape index (κ1) is 19.6. The van der Waals surface area contributed by atoms with Crippen LogP contribution in [0.5, 0.6) is 0 Å². The first-order valence-electron chi connectivity index (χ1n) is 10.2. The quantitative estimate of drug-likeness (QED) is 0.563. The highest BCUT2D eigenvalue weighted by molar-refractivity contribution is 7.13. The van der Waals surface area contributed by atoms with E-state index in [1.54, 1.807) is 23.6 Å². The van der Waals surface area contributed by atoms with E-state index in [9.17, 15) is 0 Å². The lowest BCUT2D eigenvalue weighted by Gasteiger charge is -2.34. The number of nitrogens with one attached hydrogen (secondary N) is 1. The first-order valence-corrected chi connectivity index (χ1v) is 11.0. The zero-order valence-corrected chi connectivity index (χ0v) is 17.4. The summed E-state index contributed by atoms with van der Waals surface area (Å²) < 4.78 is 6.01. The lowest BCUT2D eigenvalue weighted by atomic mass is 10.00. The highest BCUT2D eigenvalue weighted by Gasteiger charge is 2.27. The summed E-state index contributed by atoms with van der Waals surface area (Å²) in [5, 5.41) is 15.2. The molecule has 0 bridgehead atoms. The monoisotopic (exact) mass is 407 g/mol. The average Bonchev–Trinajstić information content (AvgIpc) is 3.39. The molecule has 1 atom stereocenters. The van der Waals surface area contributed by atoms with Gasteiger partial charge < -0.3 is 9.73 Å². The van der Waals surface area contributed by atoms with Gasteiger partial charge in [-0.1, -0.05) is 13.3 Å². The second-order valence-corrected chi connectivity index (χ2v) is 8.20. The topological polar surface area (TPSA) is 78.0 Å². The third kappa shape index (κ3) is 4.84. The van der Waals surface area contributed by atoms with Crippen molar-refractivity contribution in [3.8, 4) is 6.07 Å². The van der Waals surface area contributed by atoms with Crippen LogP contribution in [0.4, 0.5) is 10.8 Å². The molecule has 0 aliphatic carbocycles. The predicted molar refractivity (Wildman–Crippen MR) is 114 cm³/mol. The number of nitriles is 1. The average molecular weight is 408 g/mol. The van der Waals surface area contributed by atoms with Crippen LogP contribution in [0.2, 0.25) is 0 Å². The third-order valence-electron chi connectivity index (χ3n) is 5.18. The fraction of sp³-hybridized carbons (Fsp3) is 0.409. The molecule has 1 aliphatic rings. The van der Waals surface area contributed by atoms with E-state index >= 15 is 0 Å². The van der Waals surface area contributed by atoms with E-state index < -0.39 is 0 Å². The van der Waals surface area contributed by atoms with Gasteiger partial charge in [-0.25, -0.2) is 9.97 Å². The van der Waals surface area contributed by atoms with Crippen molar-refractivity contribution in [3.63, 3.8) is 0 Å². The molecule has 0 saturated carbocycles. The van der Waals surface area contributed by atoms with E-state index in [4.69, 9.17) is 14.7 Å². The molecule has 0 radical (unpaired) electrons. The van der Waals surface area contributed by atoms with Gasteiger partial charge >= 0.3 is 0 Å². The van der Waals surface area contributed by atoms with Crippen LogP contribution < -0.4 is 5.32 Å². The first-order chi connectivity index (χ1) is 14.2. The van der Waals surface area contributed by atoms with Crippen molar-refractivity contribution in [2.45, 2.75) is 51.6 Å². The Morgan fingerprint density at radius 3 is 2.97 bits per heavy atom. The molecule has 29 heavy (non-hydrogen) atoms. The van der Waals surface area contributed by atoms with Crippen molar-refractivity contribution in [1.29, 1.82) is 5.26 Å². The van der Waals surface area contributed by atoms with Crippen LogP contribution in [0.15, 0.2) is 40.3 Å². The second kappa shape index (κ2) is 9.21. The van der Waals surface area contributed by atoms with Gasteiger partial charge in [0.25, 0.3) is 0 Å². The molecule has 1 N–H and O–H groups in total. The van der Waals surface area contributed by atoms with Crippen molar-refractivity contribution in [2.24, 2.45) is 0 Å². The fourth-order valence-electron chi connectivity index (χ4n) is 3.76. The molecule has 4 rings (SSSR count). The number of nitrogens with zero attached hydrogens (tertiary/aromatic N) is 4. The molecule has 1 fully saturated rings. The van der Waals surface area contributed by atoms with E-state index in [1.165, 1.54) is 12.8 Å². The lowest BCUT2D eigenvalue weighted by molar-refractivity contribution is 0.127. The van der Waals surface area contributed by atoms with Crippen LogP contribution in [0.1, 0.15) is 61.6 Å². The summed E-state index contributed by atoms with van der Waals surface area (Å²) in [4.78, 5) is 11.4. The van der Waals surface area contributed by atoms with Gasteiger partial charge in [0.05, 0.1) is 30.2 Å². The summed E-state index contributed by atoms with van der Waals surface area (Å²) in [5.41, 5.74) is 2.36. The van der Waals surface area contributed by atoms with Gasteiger partial charge in [-0.2, -0.15) is 5.26 Å². The minimum absolute atomic E-state index is 0.314. The Morgan fingerprint density at radius 2 is 2.17 bits per heavy atom. The zero-order chi connectivity index (χ0) is 20.1. The Kier molecular flexibility index (Phi) is 6.23. The Bertz CT molecular complexity index is 972. The van der Waals surface area contributed by atoms with E-state index in [0.717, 1.165) is 60.4 Å². The molecule has 6 nitrogen and oxygen atoms in total. The fourth-order valence-corrected chi connectivity index (χ4v) is 4.53. The number of aryl methyl sites for hydroxylation is 1. The molecule has 4 heterocycles. The molecular weight excluding hydrogens is 382 g/mol. The van der Waals surface area contributed by atoms with Gasteiger partial charge in [-0.05, 0) is 50.1 Å². The Labute approximate surface area is 175 Å². The van der Waals surface area contributed by atoms with Crippen molar-refractivity contribution >= 4 is 22.2 Å². The van der Waals surface area contributed by atoms with E-state index in [2.05, 4.69) is 39.6 Å². The van der Waals surface area contributed by atoms with Crippen LogP contribution in [0, 0.1) is 11.3 Å². The molecule has 1 saturated heterocycles. The highest BCUT2D eigenvalue weighted by atomic mass is 32.1. The number of furan rings is 1. The Balaban J connectivity index is 1.44. The minimum Gasteiger partial charge on any atom is -0.465 e. The van der Waals surface area contributed by atoms with Crippen LogP contribution in [0.3, 0.4) is 0 Å². The summed E-state index contributed by atoms with van der Waals surface area (Å²) >= 11 is 1.60. The second-order valence-electron chi connectivity index (χ2n) is 7.35. The van der Waals surface area contributed by atoms with Crippen molar-refractivity contribution in [1.82, 2.24) is 14.9 Å². The zero-order valence-electron chi connectivity index (χ0n) is 16.6. The normalized spacial score (nSPS) is 17.2. The molecule has 0 unspecified atom stereocenters. The van der Waals surface area contributed by atoms with Gasteiger partial charge in [0, 0.05) is 11.8 Å². The third-order valence-corrected chi connectivity index (χ3v) is 5.95. The molecular formula is C22H25N5OS. The number of piperidine rings is 1. The van der Waals surface area contributed by atoms with Gasteiger partial charge in [0.15, 0.2) is 5.13 Å². The van der Waals surface area contributed by atoms with Crippen LogP contribution in [-0.4, -0.2) is 21.4 Å². The van der Waals surface area contributed by atoms with Gasteiger partial charge in [-0.15, -0.1) is 11.3 Å². The maximum atomic E-state index is 8.87. The Morgan fingerprint density at radius 1 is 1.28 bits per heavy atom. The van der Waals surface area contributed by atoms with Crippen molar-refractivity contribution in [3.05, 3.63) is 58.8 Å². The summed E-state index contributed by atoms with van der Waals surface area (Å²) in [6, 6.07) is 10.1. The summed E-state index contributed by atoms with van der Waals surface area (Å²) in [6.07, 6.45) is 7.31. The molecule has 0 aromatic carbocycles. The number of rotatable bonds is 7. The molecule has 3 aromatic rings. The van der Waals surface area contributed by atoms with Gasteiger partial charge in [0.2, 0.25) is 0 Å². The number of anilines is 2. The number of hydrogen-bond donors (Lipinski definition) is 1. The largest absolute Gasteiger partial charge is 0.465 e. The summed E-state index contributed by atoms with van der Waals surface area (Å²) in [7, 11) is 0. The van der Waals surface area contributed by atoms with E-state index in [0.29, 0.717) is 11.7 Å². The molecule has 1 aliphatic heterocycles. The predicted octanol–water partition coefficient (Wildman–Crippen LogP) is 5.43. The van der Waals surface area contributed by atoms with Crippen LogP contribution >= 0.6 is 11.3 Å². The minimum atomic E-state index is 0.314. The van der Waals surface area contributed by atoms with Gasteiger partial charge in [-0.3, -0.25) is 4.90 Å². The number of aromatic nitrogens is 2. The number of likely N-dealkylation sites (tertiary alicyclic amines) is 1. The van der Waals surface area contributed by atoms with Gasteiger partial charge in [0.1, 0.15) is 23.3 Å². The van der Waals surface area contributed by atoms with E-state index in [-0.39, 0.29) is 0 Å². The van der Waals surface area contributed by atoms with Crippen LogP contribution in [-0.2, 0) is 13.0 Å². The molecule has 3 aromatic heterocycles. The molecule has 0 spiro atoms. The summed E-state index contributed by atoms with van der Waals surface area (Å²) in [5.74, 6) is 2.12. The highest BCUT2D eigenvalue weighted by Crippen LogP contribution is 2.34. The maximum absolute atomic E-state index is 8.87. The molecule has 150 valence electrons. The summed E-state index contributed by atoms with van der Waals surface area (Å²) in [6.45, 7) is 4.06. The van der Waals surface area contributed by atoms with Crippen molar-refractivity contribution in [2.75, 3.05) is 11.9 Å². The van der Waals surface area contributed by atoms with Crippen LogP contribution in [0.25, 0.3) is 0 Å². The van der Waals surface area contributed by atoms with Crippen molar-refractivity contribution < 1.29 is 4.42 Å². The smallest absolute Gasteiger partial charge is 0.187 e. The van der Waals surface area contributed by atoms with E-state index in [1.807, 2.05) is 12.1 Å². The maximum Gasteiger partial charge on any atom is 0.187 e. The lowest BCUT2D eigenvalue weighted by Crippen LogP contribution is -2.33. The molecule has 7 heteroatoms. The number of hydrogen-bond acceptors (Lipinski definition) is 7. The standard InChI is InChI=1S/C22H25N5OS/c1-2-5-18-9-10-19(28-18)14-27-11-4-3-6-21(27)20-15-29-22(26-20)25-17-8-7-16(12-23)24-13-17/h7-10,13,15,21H,2-6,11,14H2,1H3,(H,25,26)/t21-/m0/s1. The number of pyridine rings is 1. The number of thiazole rings is 1. The Hall–Kier alpha value is -2.69. The molecule has 0 amide bonds.